The molecule has 10 heteroatoms. The first-order chi connectivity index (χ1) is 18.9. The highest BCUT2D eigenvalue weighted by molar-refractivity contribution is 6.00. The molecule has 1 fully saturated rings. The van der Waals surface area contributed by atoms with Gasteiger partial charge in [0.05, 0.1) is 25.2 Å². The topological polar surface area (TPSA) is 120 Å². The van der Waals surface area contributed by atoms with Gasteiger partial charge in [0.25, 0.3) is 5.91 Å². The van der Waals surface area contributed by atoms with Crippen LogP contribution in [0, 0.1) is 5.92 Å². The summed E-state index contributed by atoms with van der Waals surface area (Å²) in [5.41, 5.74) is 1.42. The molecule has 4 rings (SSSR count). The highest BCUT2D eigenvalue weighted by atomic mass is 16.5. The molecule has 3 aromatic rings. The van der Waals surface area contributed by atoms with Gasteiger partial charge in [-0.25, -0.2) is 4.79 Å². The monoisotopic (exact) mass is 532 g/mol. The fraction of sp³-hybridized carbons (Fsp3) is 0.241. The fourth-order valence-corrected chi connectivity index (χ4v) is 3.94. The highest BCUT2D eigenvalue weighted by Crippen LogP contribution is 2.29. The van der Waals surface area contributed by atoms with Crippen LogP contribution in [0.5, 0.6) is 17.2 Å². The molecular formula is C29H28N2O8. The van der Waals surface area contributed by atoms with Gasteiger partial charge < -0.3 is 29.2 Å². The average molecular weight is 533 g/mol. The third kappa shape index (κ3) is 7.13. The number of ether oxygens (including phenoxy) is 4. The zero-order valence-corrected chi connectivity index (χ0v) is 21.5. The number of methoxy groups -OCH3 is 1. The summed E-state index contributed by atoms with van der Waals surface area (Å²) in [6.45, 7) is 1.62. The molecular weight excluding hydrogens is 504 g/mol. The average Bonchev–Trinajstić information content (AvgIpc) is 3.34. The molecule has 0 spiro atoms. The van der Waals surface area contributed by atoms with Gasteiger partial charge in [0, 0.05) is 24.3 Å². The number of esters is 2. The number of nitrogens with one attached hydrogen (secondary N) is 1. The van der Waals surface area contributed by atoms with E-state index in [2.05, 4.69) is 5.32 Å². The fourth-order valence-electron chi connectivity index (χ4n) is 3.94. The molecule has 1 aliphatic heterocycles. The number of anilines is 2. The molecule has 2 amide bonds. The van der Waals surface area contributed by atoms with Gasteiger partial charge in [-0.15, -0.1) is 0 Å². The molecule has 1 atom stereocenters. The lowest BCUT2D eigenvalue weighted by atomic mass is 10.1. The van der Waals surface area contributed by atoms with E-state index in [0.29, 0.717) is 28.4 Å². The minimum Gasteiger partial charge on any atom is -0.497 e. The summed E-state index contributed by atoms with van der Waals surface area (Å²) in [6.07, 6.45) is -0.0140. The predicted molar refractivity (Wildman–Crippen MR) is 142 cm³/mol. The molecule has 202 valence electrons. The molecule has 0 unspecified atom stereocenters. The minimum atomic E-state index is -0.690. The molecule has 1 aliphatic rings. The van der Waals surface area contributed by atoms with Gasteiger partial charge in [-0.05, 0) is 79.7 Å². The standard InChI is InChI=1S/C29H28N2O8/c1-3-37-28(34)19-4-6-21(7-5-19)30-26(32)18-38-29(35)20-16-27(33)31(17-20)22-8-10-24(11-9-22)39-25-14-12-23(36-2)13-15-25/h4-15,20H,3,16-18H2,1-2H3,(H,30,32)/t20-/m1/s1. The first kappa shape index (κ1) is 27.2. The second-order valence-corrected chi connectivity index (χ2v) is 8.63. The van der Waals surface area contributed by atoms with Crippen LogP contribution in [-0.4, -0.2) is 50.6 Å². The molecule has 0 saturated carbocycles. The summed E-state index contributed by atoms with van der Waals surface area (Å²) in [6, 6.07) is 20.3. The Labute approximate surface area is 225 Å². The van der Waals surface area contributed by atoms with Crippen LogP contribution >= 0.6 is 0 Å². The number of amides is 2. The Bertz CT molecular complexity index is 1320. The van der Waals surface area contributed by atoms with Gasteiger partial charge in [-0.2, -0.15) is 0 Å². The van der Waals surface area contributed by atoms with E-state index < -0.39 is 30.4 Å². The van der Waals surface area contributed by atoms with Crippen molar-refractivity contribution >= 4 is 35.1 Å². The van der Waals surface area contributed by atoms with Gasteiger partial charge in [-0.3, -0.25) is 14.4 Å². The molecule has 3 aromatic carbocycles. The number of hydrogen-bond acceptors (Lipinski definition) is 8. The second kappa shape index (κ2) is 12.6. The predicted octanol–water partition coefficient (Wildman–Crippen LogP) is 4.20. The van der Waals surface area contributed by atoms with E-state index in [1.54, 1.807) is 74.7 Å². The summed E-state index contributed by atoms with van der Waals surface area (Å²) in [5.74, 6) is -0.576. The summed E-state index contributed by atoms with van der Waals surface area (Å²) in [5, 5.41) is 2.59. The number of rotatable bonds is 10. The van der Waals surface area contributed by atoms with Crippen LogP contribution in [0.4, 0.5) is 11.4 Å². The minimum absolute atomic E-state index is 0.0140. The summed E-state index contributed by atoms with van der Waals surface area (Å²) >= 11 is 0. The van der Waals surface area contributed by atoms with Crippen molar-refractivity contribution in [3.63, 3.8) is 0 Å². The summed E-state index contributed by atoms with van der Waals surface area (Å²) < 4.78 is 21.0. The molecule has 0 radical (unpaired) electrons. The summed E-state index contributed by atoms with van der Waals surface area (Å²) in [7, 11) is 1.59. The molecule has 0 aromatic heterocycles. The van der Waals surface area contributed by atoms with Gasteiger partial charge in [-0.1, -0.05) is 0 Å². The van der Waals surface area contributed by atoms with Gasteiger partial charge in [0.15, 0.2) is 6.61 Å². The number of nitrogens with zero attached hydrogens (tertiary/aromatic N) is 1. The molecule has 1 heterocycles. The molecule has 1 saturated heterocycles. The maximum absolute atomic E-state index is 12.6. The lowest BCUT2D eigenvalue weighted by Gasteiger charge is -2.17. The molecule has 0 bridgehead atoms. The first-order valence-electron chi connectivity index (χ1n) is 12.3. The normalized spacial score (nSPS) is 14.5. The second-order valence-electron chi connectivity index (χ2n) is 8.63. The van der Waals surface area contributed by atoms with Crippen molar-refractivity contribution in [2.75, 3.05) is 37.1 Å². The van der Waals surface area contributed by atoms with Crippen molar-refractivity contribution in [2.45, 2.75) is 13.3 Å². The Balaban J connectivity index is 1.25. The maximum atomic E-state index is 12.6. The van der Waals surface area contributed by atoms with Crippen LogP contribution in [0.2, 0.25) is 0 Å². The third-order valence-corrected chi connectivity index (χ3v) is 5.93. The van der Waals surface area contributed by atoms with Crippen molar-refractivity contribution in [1.29, 1.82) is 0 Å². The van der Waals surface area contributed by atoms with Crippen molar-refractivity contribution in [2.24, 2.45) is 5.92 Å². The van der Waals surface area contributed by atoms with Gasteiger partial charge in [0.1, 0.15) is 17.2 Å². The van der Waals surface area contributed by atoms with E-state index in [1.165, 1.54) is 17.0 Å². The Morgan fingerprint density at radius 1 is 0.872 bits per heavy atom. The van der Waals surface area contributed by atoms with E-state index >= 15 is 0 Å². The highest BCUT2D eigenvalue weighted by Gasteiger charge is 2.36. The zero-order valence-electron chi connectivity index (χ0n) is 21.5. The number of hydrogen-bond donors (Lipinski definition) is 1. The lowest BCUT2D eigenvalue weighted by Crippen LogP contribution is -2.28. The van der Waals surface area contributed by atoms with Gasteiger partial charge >= 0.3 is 11.9 Å². The lowest BCUT2D eigenvalue weighted by molar-refractivity contribution is -0.151. The van der Waals surface area contributed by atoms with Crippen molar-refractivity contribution in [3.05, 3.63) is 78.4 Å². The Morgan fingerprint density at radius 2 is 1.49 bits per heavy atom. The first-order valence-corrected chi connectivity index (χ1v) is 12.3. The SMILES string of the molecule is CCOC(=O)c1ccc(NC(=O)COC(=O)[C@@H]2CC(=O)N(c3ccc(Oc4ccc(OC)cc4)cc3)C2)cc1. The van der Waals surface area contributed by atoms with Crippen molar-refractivity contribution < 1.29 is 38.1 Å². The molecule has 39 heavy (non-hydrogen) atoms. The van der Waals surface area contributed by atoms with E-state index in [4.69, 9.17) is 18.9 Å². The quantitative estimate of drug-likeness (QED) is 0.386. The Morgan fingerprint density at radius 3 is 2.10 bits per heavy atom. The summed E-state index contributed by atoms with van der Waals surface area (Å²) in [4.78, 5) is 50.6. The van der Waals surface area contributed by atoms with Crippen LogP contribution in [0.25, 0.3) is 0 Å². The molecule has 1 N–H and O–H groups in total. The third-order valence-electron chi connectivity index (χ3n) is 5.93. The van der Waals surface area contributed by atoms with Crippen molar-refractivity contribution in [1.82, 2.24) is 0 Å². The van der Waals surface area contributed by atoms with E-state index in [0.717, 1.165) is 5.75 Å². The van der Waals surface area contributed by atoms with E-state index in [9.17, 15) is 19.2 Å². The number of carbonyl (C=O) groups excluding carboxylic acids is 4. The Kier molecular flexibility index (Phi) is 8.78. The van der Waals surface area contributed by atoms with Crippen LogP contribution in [0.3, 0.4) is 0 Å². The van der Waals surface area contributed by atoms with Crippen LogP contribution in [0.1, 0.15) is 23.7 Å². The number of benzene rings is 3. The van der Waals surface area contributed by atoms with Gasteiger partial charge in [0.2, 0.25) is 5.91 Å². The van der Waals surface area contributed by atoms with E-state index in [-0.39, 0.29) is 25.5 Å². The number of carbonyl (C=O) groups is 4. The molecule has 10 nitrogen and oxygen atoms in total. The molecule has 0 aliphatic carbocycles. The smallest absolute Gasteiger partial charge is 0.338 e. The van der Waals surface area contributed by atoms with Crippen LogP contribution in [-0.2, 0) is 23.9 Å². The van der Waals surface area contributed by atoms with Crippen LogP contribution < -0.4 is 19.7 Å². The van der Waals surface area contributed by atoms with Crippen LogP contribution in [0.15, 0.2) is 72.8 Å². The van der Waals surface area contributed by atoms with E-state index in [1.807, 2.05) is 0 Å². The largest absolute Gasteiger partial charge is 0.497 e. The Hall–Kier alpha value is -4.86. The van der Waals surface area contributed by atoms with Crippen molar-refractivity contribution in [3.8, 4) is 17.2 Å². The zero-order chi connectivity index (χ0) is 27.8. The maximum Gasteiger partial charge on any atom is 0.338 e.